The Labute approximate surface area is 216 Å². The lowest BCUT2D eigenvalue weighted by atomic mass is 10.1. The molecule has 0 aliphatic rings. The van der Waals surface area contributed by atoms with Crippen LogP contribution >= 0.6 is 0 Å². The molecule has 1 amide bonds. The zero-order chi connectivity index (χ0) is 26.3. The lowest BCUT2D eigenvalue weighted by Gasteiger charge is -2.29. The van der Waals surface area contributed by atoms with Crippen LogP contribution in [0, 0.1) is 5.82 Å². The number of carbonyl (C=O) groups is 1. The molecule has 0 N–H and O–H groups in total. The first-order valence-electron chi connectivity index (χ1n) is 11.6. The van der Waals surface area contributed by atoms with Crippen LogP contribution in [0.1, 0.15) is 11.1 Å². The molecule has 0 bridgehead atoms. The molecule has 0 aliphatic heterocycles. The van der Waals surface area contributed by atoms with Gasteiger partial charge in [0, 0.05) is 13.1 Å². The van der Waals surface area contributed by atoms with Crippen molar-refractivity contribution in [2.45, 2.75) is 18.0 Å². The SMILES string of the molecule is COc1ccc(S(=O)(=O)N(CC(=O)N(Cc2ccccc2)Cc2ccccc2)c2ccc(F)cc2)cc1. The number of sulfonamides is 1. The maximum Gasteiger partial charge on any atom is 0.264 e. The average molecular weight is 519 g/mol. The fraction of sp³-hybridized carbons (Fsp3) is 0.138. The molecule has 37 heavy (non-hydrogen) atoms. The van der Waals surface area contributed by atoms with Crippen molar-refractivity contribution < 1.29 is 22.3 Å². The second-order valence-electron chi connectivity index (χ2n) is 8.38. The van der Waals surface area contributed by atoms with Crippen molar-refractivity contribution in [1.82, 2.24) is 4.90 Å². The van der Waals surface area contributed by atoms with E-state index in [9.17, 15) is 17.6 Å². The summed E-state index contributed by atoms with van der Waals surface area (Å²) in [7, 11) is -2.67. The summed E-state index contributed by atoms with van der Waals surface area (Å²) in [5, 5.41) is 0. The number of hydrogen-bond acceptors (Lipinski definition) is 4. The van der Waals surface area contributed by atoms with Crippen molar-refractivity contribution in [3.63, 3.8) is 0 Å². The van der Waals surface area contributed by atoms with Crippen molar-refractivity contribution >= 4 is 21.6 Å². The number of nitrogens with zero attached hydrogens (tertiary/aromatic N) is 2. The van der Waals surface area contributed by atoms with Crippen molar-refractivity contribution in [3.8, 4) is 5.75 Å². The molecular formula is C29H27FN2O4S. The predicted molar refractivity (Wildman–Crippen MR) is 141 cm³/mol. The van der Waals surface area contributed by atoms with E-state index in [1.807, 2.05) is 60.7 Å². The number of benzene rings is 4. The minimum Gasteiger partial charge on any atom is -0.497 e. The van der Waals surface area contributed by atoms with E-state index in [2.05, 4.69) is 0 Å². The molecule has 0 aromatic heterocycles. The highest BCUT2D eigenvalue weighted by Crippen LogP contribution is 2.26. The Balaban J connectivity index is 1.69. The van der Waals surface area contributed by atoms with Gasteiger partial charge in [-0.1, -0.05) is 60.7 Å². The van der Waals surface area contributed by atoms with Crippen LogP contribution < -0.4 is 9.04 Å². The summed E-state index contributed by atoms with van der Waals surface area (Å²) in [5.41, 5.74) is 2.01. The summed E-state index contributed by atoms with van der Waals surface area (Å²) in [4.78, 5) is 15.3. The van der Waals surface area contributed by atoms with Gasteiger partial charge in [0.15, 0.2) is 0 Å². The summed E-state index contributed by atoms with van der Waals surface area (Å²) >= 11 is 0. The second-order valence-corrected chi connectivity index (χ2v) is 10.2. The molecule has 6 nitrogen and oxygen atoms in total. The smallest absolute Gasteiger partial charge is 0.264 e. The topological polar surface area (TPSA) is 66.9 Å². The van der Waals surface area contributed by atoms with Gasteiger partial charge in [-0.3, -0.25) is 9.10 Å². The minimum absolute atomic E-state index is 0.0110. The van der Waals surface area contributed by atoms with E-state index in [1.54, 1.807) is 4.90 Å². The van der Waals surface area contributed by atoms with Crippen LogP contribution in [-0.4, -0.2) is 32.9 Å². The fourth-order valence-corrected chi connectivity index (χ4v) is 5.27. The van der Waals surface area contributed by atoms with Crippen LogP contribution in [0.5, 0.6) is 5.75 Å². The zero-order valence-electron chi connectivity index (χ0n) is 20.3. The Kier molecular flexibility index (Phi) is 8.20. The Morgan fingerprint density at radius 3 is 1.76 bits per heavy atom. The summed E-state index contributed by atoms with van der Waals surface area (Å²) < 4.78 is 47.2. The van der Waals surface area contributed by atoms with Gasteiger partial charge in [-0.25, -0.2) is 12.8 Å². The number of ether oxygens (including phenoxy) is 1. The zero-order valence-corrected chi connectivity index (χ0v) is 21.1. The number of anilines is 1. The molecule has 0 unspecified atom stereocenters. The average Bonchev–Trinajstić information content (AvgIpc) is 2.93. The minimum atomic E-state index is -4.16. The van der Waals surface area contributed by atoms with Gasteiger partial charge in [0.05, 0.1) is 17.7 Å². The Morgan fingerprint density at radius 1 is 0.757 bits per heavy atom. The third kappa shape index (κ3) is 6.54. The van der Waals surface area contributed by atoms with Gasteiger partial charge >= 0.3 is 0 Å². The van der Waals surface area contributed by atoms with Gasteiger partial charge in [-0.15, -0.1) is 0 Å². The number of rotatable bonds is 10. The van der Waals surface area contributed by atoms with Gasteiger partial charge in [0.1, 0.15) is 18.1 Å². The maximum atomic E-state index is 13.7. The van der Waals surface area contributed by atoms with E-state index in [4.69, 9.17) is 4.74 Å². The van der Waals surface area contributed by atoms with Crippen molar-refractivity contribution in [2.24, 2.45) is 0 Å². The lowest BCUT2D eigenvalue weighted by molar-refractivity contribution is -0.130. The molecular weight excluding hydrogens is 491 g/mol. The molecule has 0 aliphatic carbocycles. The van der Waals surface area contributed by atoms with Crippen LogP contribution in [-0.2, 0) is 27.9 Å². The molecule has 190 valence electrons. The molecule has 0 heterocycles. The molecule has 4 aromatic rings. The summed E-state index contributed by atoms with van der Waals surface area (Å²) in [6, 6.07) is 29.9. The van der Waals surface area contributed by atoms with Crippen LogP contribution in [0.4, 0.5) is 10.1 Å². The lowest BCUT2D eigenvalue weighted by Crippen LogP contribution is -2.42. The number of methoxy groups -OCH3 is 1. The standard InChI is InChI=1S/C29H27FN2O4S/c1-36-27-16-18-28(19-17-27)37(34,35)32(26-14-12-25(30)13-15-26)22-29(33)31(20-23-8-4-2-5-9-23)21-24-10-6-3-7-11-24/h2-19H,20-22H2,1H3. The Morgan fingerprint density at radius 2 is 1.27 bits per heavy atom. The van der Waals surface area contributed by atoms with Gasteiger partial charge < -0.3 is 9.64 Å². The third-order valence-corrected chi connectivity index (χ3v) is 7.61. The van der Waals surface area contributed by atoms with Gasteiger partial charge in [-0.2, -0.15) is 0 Å². The normalized spacial score (nSPS) is 11.1. The van der Waals surface area contributed by atoms with Gasteiger partial charge in [0.2, 0.25) is 5.91 Å². The summed E-state index contributed by atoms with van der Waals surface area (Å²) in [5.74, 6) is -0.402. The Bertz CT molecular complexity index is 1370. The third-order valence-electron chi connectivity index (χ3n) is 5.83. The molecule has 4 aromatic carbocycles. The molecule has 0 fully saturated rings. The van der Waals surface area contributed by atoms with E-state index in [-0.39, 0.29) is 10.6 Å². The predicted octanol–water partition coefficient (Wildman–Crippen LogP) is 5.26. The van der Waals surface area contributed by atoms with E-state index in [0.29, 0.717) is 18.8 Å². The number of halogens is 1. The van der Waals surface area contributed by atoms with Crippen LogP contribution in [0.15, 0.2) is 114 Å². The molecule has 4 rings (SSSR count). The first-order valence-corrected chi connectivity index (χ1v) is 13.1. The fourth-order valence-electron chi connectivity index (χ4n) is 3.86. The number of hydrogen-bond donors (Lipinski definition) is 0. The summed E-state index contributed by atoms with van der Waals surface area (Å²) in [6.07, 6.45) is 0. The molecule has 0 saturated carbocycles. The quantitative estimate of drug-likeness (QED) is 0.287. The molecule has 0 radical (unpaired) electrons. The largest absolute Gasteiger partial charge is 0.497 e. The number of carbonyl (C=O) groups excluding carboxylic acids is 1. The summed E-state index contributed by atoms with van der Waals surface area (Å²) in [6.45, 7) is 0.141. The first kappa shape index (κ1) is 25.9. The Hall–Kier alpha value is -4.17. The van der Waals surface area contributed by atoms with E-state index in [1.165, 1.54) is 55.6 Å². The molecule has 0 spiro atoms. The van der Waals surface area contributed by atoms with E-state index < -0.39 is 28.3 Å². The van der Waals surface area contributed by atoms with Gasteiger partial charge in [-0.05, 0) is 59.7 Å². The monoisotopic (exact) mass is 518 g/mol. The van der Waals surface area contributed by atoms with Gasteiger partial charge in [0.25, 0.3) is 10.0 Å². The van der Waals surface area contributed by atoms with E-state index >= 15 is 0 Å². The highest BCUT2D eigenvalue weighted by molar-refractivity contribution is 7.92. The number of amides is 1. The highest BCUT2D eigenvalue weighted by atomic mass is 32.2. The van der Waals surface area contributed by atoms with Crippen molar-refractivity contribution in [2.75, 3.05) is 18.0 Å². The maximum absolute atomic E-state index is 13.7. The van der Waals surface area contributed by atoms with E-state index in [0.717, 1.165) is 15.4 Å². The second kappa shape index (κ2) is 11.7. The van der Waals surface area contributed by atoms with Crippen molar-refractivity contribution in [3.05, 3.63) is 126 Å². The van der Waals surface area contributed by atoms with Crippen molar-refractivity contribution in [1.29, 1.82) is 0 Å². The first-order chi connectivity index (χ1) is 17.9. The molecule has 0 saturated heterocycles. The van der Waals surface area contributed by atoms with Crippen LogP contribution in [0.3, 0.4) is 0 Å². The highest BCUT2D eigenvalue weighted by Gasteiger charge is 2.29. The van der Waals surface area contributed by atoms with Crippen LogP contribution in [0.2, 0.25) is 0 Å². The molecule has 0 atom stereocenters. The van der Waals surface area contributed by atoms with Crippen LogP contribution in [0.25, 0.3) is 0 Å². The molecule has 8 heteroatoms.